The Morgan fingerprint density at radius 3 is 2.85 bits per heavy atom. The lowest BCUT2D eigenvalue weighted by Gasteiger charge is -2.01. The summed E-state index contributed by atoms with van der Waals surface area (Å²) in [6.45, 7) is 3.88. The first kappa shape index (κ1) is 14.2. The Labute approximate surface area is 120 Å². The number of esters is 1. The van der Waals surface area contributed by atoms with Crippen LogP contribution in [0.5, 0.6) is 0 Å². The van der Waals surface area contributed by atoms with E-state index in [4.69, 9.17) is 4.74 Å². The molecule has 0 saturated heterocycles. The van der Waals surface area contributed by atoms with E-state index >= 15 is 0 Å². The van der Waals surface area contributed by atoms with Gasteiger partial charge in [-0.1, -0.05) is 6.07 Å². The molecule has 1 N–H and O–H groups in total. The van der Waals surface area contributed by atoms with Crippen LogP contribution in [0.3, 0.4) is 0 Å². The fraction of sp³-hybridized carbons (Fsp3) is 0.214. The van der Waals surface area contributed by atoms with Gasteiger partial charge in [0.1, 0.15) is 10.6 Å². The van der Waals surface area contributed by atoms with Crippen molar-refractivity contribution in [3.8, 4) is 0 Å². The summed E-state index contributed by atoms with van der Waals surface area (Å²) in [5.41, 5.74) is 1.11. The summed E-state index contributed by atoms with van der Waals surface area (Å²) in [4.78, 5) is 28.1. The summed E-state index contributed by atoms with van der Waals surface area (Å²) in [5, 5.41) is 3.32. The number of pyridine rings is 1. The lowest BCUT2D eigenvalue weighted by Crippen LogP contribution is -2.12. The molecule has 0 aliphatic rings. The smallest absolute Gasteiger partial charge is 0.348 e. The van der Waals surface area contributed by atoms with E-state index < -0.39 is 0 Å². The van der Waals surface area contributed by atoms with Gasteiger partial charge in [-0.2, -0.15) is 0 Å². The summed E-state index contributed by atoms with van der Waals surface area (Å²) in [7, 11) is 0. The first-order valence-corrected chi connectivity index (χ1v) is 6.93. The molecule has 0 aromatic carbocycles. The SMILES string of the molecule is CCOC(=O)c1sc(NC(=O)c2ccccn2)cc1C. The lowest BCUT2D eigenvalue weighted by atomic mass is 10.3. The maximum Gasteiger partial charge on any atom is 0.348 e. The first-order valence-electron chi connectivity index (χ1n) is 6.11. The van der Waals surface area contributed by atoms with Crippen LogP contribution in [0.4, 0.5) is 5.00 Å². The second kappa shape index (κ2) is 6.29. The number of carbonyl (C=O) groups excluding carboxylic acids is 2. The maximum atomic E-state index is 11.9. The Balaban J connectivity index is 2.13. The molecule has 0 aliphatic heterocycles. The van der Waals surface area contributed by atoms with Crippen LogP contribution in [-0.4, -0.2) is 23.5 Å². The number of amides is 1. The highest BCUT2D eigenvalue weighted by molar-refractivity contribution is 7.18. The summed E-state index contributed by atoms with van der Waals surface area (Å²) in [6, 6.07) is 6.86. The van der Waals surface area contributed by atoms with Crippen molar-refractivity contribution in [2.24, 2.45) is 0 Å². The van der Waals surface area contributed by atoms with E-state index in [0.717, 1.165) is 5.56 Å². The minimum Gasteiger partial charge on any atom is -0.462 e. The quantitative estimate of drug-likeness (QED) is 0.879. The summed E-state index contributed by atoms with van der Waals surface area (Å²) in [5.74, 6) is -0.671. The van der Waals surface area contributed by atoms with E-state index in [1.165, 1.54) is 11.3 Å². The van der Waals surface area contributed by atoms with Crippen LogP contribution < -0.4 is 5.32 Å². The van der Waals surface area contributed by atoms with E-state index in [1.807, 2.05) is 0 Å². The maximum absolute atomic E-state index is 11.9. The van der Waals surface area contributed by atoms with Gasteiger partial charge in [0, 0.05) is 6.20 Å². The van der Waals surface area contributed by atoms with Crippen molar-refractivity contribution in [2.75, 3.05) is 11.9 Å². The molecule has 2 rings (SSSR count). The second-order valence-electron chi connectivity index (χ2n) is 4.01. The predicted molar refractivity (Wildman–Crippen MR) is 77.2 cm³/mol. The summed E-state index contributed by atoms with van der Waals surface area (Å²) in [6.07, 6.45) is 1.55. The zero-order valence-electron chi connectivity index (χ0n) is 11.2. The lowest BCUT2D eigenvalue weighted by molar-refractivity contribution is 0.0531. The van der Waals surface area contributed by atoms with E-state index in [2.05, 4.69) is 10.3 Å². The first-order chi connectivity index (χ1) is 9.61. The molecule has 20 heavy (non-hydrogen) atoms. The Morgan fingerprint density at radius 1 is 1.40 bits per heavy atom. The minimum absolute atomic E-state index is 0.303. The molecule has 2 heterocycles. The van der Waals surface area contributed by atoms with Gasteiger partial charge in [-0.05, 0) is 37.6 Å². The number of hydrogen-bond donors (Lipinski definition) is 1. The second-order valence-corrected chi connectivity index (χ2v) is 5.06. The number of rotatable bonds is 4. The molecule has 6 heteroatoms. The van der Waals surface area contributed by atoms with Crippen molar-refractivity contribution in [1.29, 1.82) is 0 Å². The molecule has 1 amide bonds. The normalized spacial score (nSPS) is 10.1. The van der Waals surface area contributed by atoms with E-state index in [-0.39, 0.29) is 11.9 Å². The third-order valence-electron chi connectivity index (χ3n) is 2.51. The van der Waals surface area contributed by atoms with Gasteiger partial charge in [-0.3, -0.25) is 9.78 Å². The molecule has 2 aromatic rings. The number of carbonyl (C=O) groups is 2. The zero-order chi connectivity index (χ0) is 14.5. The van der Waals surface area contributed by atoms with Gasteiger partial charge in [-0.25, -0.2) is 4.79 Å². The molecule has 0 aliphatic carbocycles. The van der Waals surface area contributed by atoms with Gasteiger partial charge in [0.05, 0.1) is 11.6 Å². The number of aryl methyl sites for hydroxylation is 1. The number of nitrogens with one attached hydrogen (secondary N) is 1. The van der Waals surface area contributed by atoms with Crippen molar-refractivity contribution in [3.63, 3.8) is 0 Å². The van der Waals surface area contributed by atoms with Crippen LogP contribution in [0.2, 0.25) is 0 Å². The minimum atomic E-state index is -0.367. The van der Waals surface area contributed by atoms with Gasteiger partial charge in [-0.15, -0.1) is 11.3 Å². The highest BCUT2D eigenvalue weighted by Crippen LogP contribution is 2.27. The van der Waals surface area contributed by atoms with Crippen LogP contribution in [0.25, 0.3) is 0 Å². The third kappa shape index (κ3) is 3.21. The standard InChI is InChI=1S/C14H14N2O3S/c1-3-19-14(18)12-9(2)8-11(20-12)16-13(17)10-6-4-5-7-15-10/h4-8H,3H2,1-2H3,(H,16,17). The third-order valence-corrected chi connectivity index (χ3v) is 3.65. The molecular formula is C14H14N2O3S. The van der Waals surface area contributed by atoms with Gasteiger partial charge < -0.3 is 10.1 Å². The van der Waals surface area contributed by atoms with Crippen molar-refractivity contribution in [3.05, 3.63) is 46.6 Å². The monoisotopic (exact) mass is 290 g/mol. The highest BCUT2D eigenvalue weighted by atomic mass is 32.1. The summed E-state index contributed by atoms with van der Waals surface area (Å²) >= 11 is 1.20. The van der Waals surface area contributed by atoms with Crippen LogP contribution >= 0.6 is 11.3 Å². The van der Waals surface area contributed by atoms with Crippen molar-refractivity contribution in [1.82, 2.24) is 4.98 Å². The molecule has 0 atom stereocenters. The van der Waals surface area contributed by atoms with Crippen LogP contribution in [0.15, 0.2) is 30.5 Å². The Bertz CT molecular complexity index is 623. The number of anilines is 1. The molecular weight excluding hydrogens is 276 g/mol. The highest BCUT2D eigenvalue weighted by Gasteiger charge is 2.16. The number of thiophene rings is 1. The number of hydrogen-bond acceptors (Lipinski definition) is 5. The Hall–Kier alpha value is -2.21. The van der Waals surface area contributed by atoms with Crippen LogP contribution in [0.1, 0.15) is 32.6 Å². The number of nitrogens with zero attached hydrogens (tertiary/aromatic N) is 1. The van der Waals surface area contributed by atoms with Gasteiger partial charge >= 0.3 is 5.97 Å². The number of aromatic nitrogens is 1. The van der Waals surface area contributed by atoms with Crippen LogP contribution in [-0.2, 0) is 4.74 Å². The van der Waals surface area contributed by atoms with E-state index in [1.54, 1.807) is 44.3 Å². The average Bonchev–Trinajstić information content (AvgIpc) is 2.81. The molecule has 0 radical (unpaired) electrons. The van der Waals surface area contributed by atoms with Crippen molar-refractivity contribution < 1.29 is 14.3 Å². The average molecular weight is 290 g/mol. The zero-order valence-corrected chi connectivity index (χ0v) is 12.0. The van der Waals surface area contributed by atoms with E-state index in [9.17, 15) is 9.59 Å². The molecule has 0 spiro atoms. The van der Waals surface area contributed by atoms with E-state index in [0.29, 0.717) is 22.2 Å². The van der Waals surface area contributed by atoms with Crippen LogP contribution in [0, 0.1) is 6.92 Å². The Kier molecular flexibility index (Phi) is 4.47. The summed E-state index contributed by atoms with van der Waals surface area (Å²) < 4.78 is 4.96. The fourth-order valence-corrected chi connectivity index (χ4v) is 2.58. The Morgan fingerprint density at radius 2 is 2.20 bits per heavy atom. The number of ether oxygens (including phenoxy) is 1. The van der Waals surface area contributed by atoms with Crippen molar-refractivity contribution in [2.45, 2.75) is 13.8 Å². The van der Waals surface area contributed by atoms with Gasteiger partial charge in [0.15, 0.2) is 0 Å². The van der Waals surface area contributed by atoms with Crippen molar-refractivity contribution >= 4 is 28.2 Å². The molecule has 2 aromatic heterocycles. The molecule has 104 valence electrons. The molecule has 5 nitrogen and oxygen atoms in total. The fourth-order valence-electron chi connectivity index (χ4n) is 1.62. The largest absolute Gasteiger partial charge is 0.462 e. The predicted octanol–water partition coefficient (Wildman–Crippen LogP) is 2.88. The van der Waals surface area contributed by atoms with Gasteiger partial charge in [0.2, 0.25) is 0 Å². The molecule has 0 bridgehead atoms. The van der Waals surface area contributed by atoms with Gasteiger partial charge in [0.25, 0.3) is 5.91 Å². The molecule has 0 saturated carbocycles. The molecule has 0 unspecified atom stereocenters. The molecule has 0 fully saturated rings. The topological polar surface area (TPSA) is 68.3 Å².